The van der Waals surface area contributed by atoms with Gasteiger partial charge < -0.3 is 9.47 Å². The fourth-order valence-electron chi connectivity index (χ4n) is 2.29. The summed E-state index contributed by atoms with van der Waals surface area (Å²) in [6.07, 6.45) is 8.90. The topological polar surface area (TPSA) is 83.3 Å². The van der Waals surface area contributed by atoms with E-state index in [0.717, 1.165) is 0 Å². The van der Waals surface area contributed by atoms with Crippen LogP contribution in [0.5, 0.6) is 5.75 Å². The van der Waals surface area contributed by atoms with E-state index in [4.69, 9.17) is 21.1 Å². The molecule has 1 aromatic carbocycles. The summed E-state index contributed by atoms with van der Waals surface area (Å²) in [4.78, 5) is 29.0. The zero-order valence-corrected chi connectivity index (χ0v) is 17.4. The van der Waals surface area contributed by atoms with E-state index >= 15 is 0 Å². The van der Waals surface area contributed by atoms with Crippen molar-refractivity contribution in [3.05, 3.63) is 66.2 Å². The number of benzene rings is 1. The Balaban J connectivity index is 2.08. The number of Topliss-reactive ketones (excluding diaryl/α,β-unsaturated/α-hetero) is 1. The first kappa shape index (κ1) is 22.4. The summed E-state index contributed by atoms with van der Waals surface area (Å²) < 4.78 is 12.5. The first-order chi connectivity index (χ1) is 13.8. The number of ether oxygens (including phenoxy) is 2. The van der Waals surface area contributed by atoms with Crippen molar-refractivity contribution < 1.29 is 19.1 Å². The van der Waals surface area contributed by atoms with Crippen molar-refractivity contribution in [2.45, 2.75) is 33.4 Å². The second kappa shape index (κ2) is 10.6. The van der Waals surface area contributed by atoms with Gasteiger partial charge in [-0.05, 0) is 45.0 Å². The summed E-state index contributed by atoms with van der Waals surface area (Å²) in [7, 11) is 0. The normalized spacial score (nSPS) is 13.0. The van der Waals surface area contributed by atoms with E-state index < -0.39 is 17.6 Å². The molecule has 1 aromatic heterocycles. The third-order valence-electron chi connectivity index (χ3n) is 3.95. The molecule has 0 amide bonds. The zero-order valence-electron chi connectivity index (χ0n) is 16.6. The van der Waals surface area contributed by atoms with Gasteiger partial charge in [0, 0.05) is 5.02 Å². The molecule has 0 saturated heterocycles. The van der Waals surface area contributed by atoms with Gasteiger partial charge in [-0.2, -0.15) is 5.10 Å². The Morgan fingerprint density at radius 3 is 2.59 bits per heavy atom. The average Bonchev–Trinajstić information content (AvgIpc) is 3.23. The van der Waals surface area contributed by atoms with Crippen LogP contribution >= 0.6 is 11.6 Å². The Labute approximate surface area is 175 Å². The molecule has 1 heterocycles. The first-order valence-electron chi connectivity index (χ1n) is 9.07. The van der Waals surface area contributed by atoms with E-state index in [-0.39, 0.29) is 18.8 Å². The summed E-state index contributed by atoms with van der Waals surface area (Å²) in [5.41, 5.74) is -1.01. The van der Waals surface area contributed by atoms with Crippen LogP contribution in [0.4, 0.5) is 0 Å². The molecule has 0 aliphatic carbocycles. The minimum atomic E-state index is -1.07. The van der Waals surface area contributed by atoms with Gasteiger partial charge in [0.25, 0.3) is 6.23 Å². The standard InChI is InChI=1S/C21H24ClN3O4/c1-4-5-6-7-8-18(26)28-13-21(2,3)19(27)20(25-15-23-14-24-25)29-17-11-9-16(22)10-12-17/h4-7,9-12,14-15,20H,8,13H2,1-3H3. The van der Waals surface area contributed by atoms with E-state index in [9.17, 15) is 9.59 Å². The van der Waals surface area contributed by atoms with Crippen molar-refractivity contribution in [1.82, 2.24) is 14.8 Å². The molecule has 154 valence electrons. The van der Waals surface area contributed by atoms with E-state index in [2.05, 4.69) is 10.1 Å². The third-order valence-corrected chi connectivity index (χ3v) is 4.20. The second-order valence-electron chi connectivity index (χ2n) is 6.87. The molecule has 1 unspecified atom stereocenters. The quantitative estimate of drug-likeness (QED) is 0.426. The summed E-state index contributed by atoms with van der Waals surface area (Å²) in [5.74, 6) is -0.275. The summed E-state index contributed by atoms with van der Waals surface area (Å²) >= 11 is 5.90. The molecule has 8 heteroatoms. The number of rotatable bonds is 10. The fourth-order valence-corrected chi connectivity index (χ4v) is 2.41. The number of esters is 1. The maximum atomic E-state index is 13.2. The van der Waals surface area contributed by atoms with E-state index in [1.54, 1.807) is 50.3 Å². The van der Waals surface area contributed by atoms with Crippen LogP contribution in [0.15, 0.2) is 61.2 Å². The van der Waals surface area contributed by atoms with Crippen molar-refractivity contribution >= 4 is 23.4 Å². The van der Waals surface area contributed by atoms with Gasteiger partial charge in [-0.15, -0.1) is 0 Å². The minimum Gasteiger partial charge on any atom is -0.464 e. The fraction of sp³-hybridized carbons (Fsp3) is 0.333. The second-order valence-corrected chi connectivity index (χ2v) is 7.30. The Morgan fingerprint density at radius 1 is 1.24 bits per heavy atom. The lowest BCUT2D eigenvalue weighted by Gasteiger charge is -2.28. The van der Waals surface area contributed by atoms with Crippen molar-refractivity contribution in [3.63, 3.8) is 0 Å². The smallest absolute Gasteiger partial charge is 0.309 e. The van der Waals surface area contributed by atoms with Gasteiger partial charge in [-0.1, -0.05) is 35.9 Å². The minimum absolute atomic E-state index is 0.0860. The van der Waals surface area contributed by atoms with Crippen LogP contribution in [0.2, 0.25) is 5.02 Å². The summed E-state index contributed by atoms with van der Waals surface area (Å²) in [6.45, 7) is 5.17. The number of carbonyl (C=O) groups is 2. The predicted octanol–water partition coefficient (Wildman–Crippen LogP) is 4.17. The molecule has 0 aliphatic rings. The van der Waals surface area contributed by atoms with Gasteiger partial charge in [0.05, 0.1) is 11.8 Å². The zero-order chi connectivity index (χ0) is 21.3. The van der Waals surface area contributed by atoms with Gasteiger partial charge >= 0.3 is 5.97 Å². The molecule has 0 fully saturated rings. The third kappa shape index (κ3) is 6.87. The van der Waals surface area contributed by atoms with Crippen molar-refractivity contribution in [2.75, 3.05) is 6.61 Å². The Kier molecular flexibility index (Phi) is 8.15. The Morgan fingerprint density at radius 2 is 1.97 bits per heavy atom. The molecular formula is C21H24ClN3O4. The average molecular weight is 418 g/mol. The molecule has 29 heavy (non-hydrogen) atoms. The van der Waals surface area contributed by atoms with Crippen LogP contribution in [0.25, 0.3) is 0 Å². The molecule has 0 spiro atoms. The van der Waals surface area contributed by atoms with E-state index in [1.165, 1.54) is 17.3 Å². The lowest BCUT2D eigenvalue weighted by Crippen LogP contribution is -2.39. The van der Waals surface area contributed by atoms with E-state index in [1.807, 2.05) is 19.1 Å². The Bertz CT molecular complexity index is 859. The maximum Gasteiger partial charge on any atom is 0.309 e. The van der Waals surface area contributed by atoms with Crippen LogP contribution in [-0.4, -0.2) is 33.1 Å². The summed E-state index contributed by atoms with van der Waals surface area (Å²) in [5, 5.41) is 4.58. The molecule has 1 atom stereocenters. The highest BCUT2D eigenvalue weighted by atomic mass is 35.5. The number of ketones is 1. The van der Waals surface area contributed by atoms with Gasteiger partial charge in [-0.25, -0.2) is 9.67 Å². The molecular weight excluding hydrogens is 394 g/mol. The highest BCUT2D eigenvalue weighted by molar-refractivity contribution is 6.30. The molecule has 2 aromatic rings. The molecule has 0 radical (unpaired) electrons. The highest BCUT2D eigenvalue weighted by Gasteiger charge is 2.38. The van der Waals surface area contributed by atoms with E-state index in [0.29, 0.717) is 10.8 Å². The van der Waals surface area contributed by atoms with Crippen LogP contribution in [0, 0.1) is 5.41 Å². The molecule has 0 saturated carbocycles. The van der Waals surface area contributed by atoms with Crippen molar-refractivity contribution in [1.29, 1.82) is 0 Å². The first-order valence-corrected chi connectivity index (χ1v) is 9.45. The number of aromatic nitrogens is 3. The van der Waals surface area contributed by atoms with Gasteiger partial charge in [-0.3, -0.25) is 9.59 Å². The number of carbonyl (C=O) groups excluding carboxylic acids is 2. The number of halogens is 1. The van der Waals surface area contributed by atoms with Crippen molar-refractivity contribution in [2.24, 2.45) is 5.41 Å². The lowest BCUT2D eigenvalue weighted by atomic mass is 9.88. The van der Waals surface area contributed by atoms with Gasteiger partial charge in [0.15, 0.2) is 0 Å². The largest absolute Gasteiger partial charge is 0.464 e. The Hall–Kier alpha value is -2.93. The summed E-state index contributed by atoms with van der Waals surface area (Å²) in [6, 6.07) is 6.63. The predicted molar refractivity (Wildman–Crippen MR) is 109 cm³/mol. The number of hydrogen-bond donors (Lipinski definition) is 0. The van der Waals surface area contributed by atoms with Gasteiger partial charge in [0.1, 0.15) is 25.0 Å². The molecule has 0 aliphatic heterocycles. The number of allylic oxidation sites excluding steroid dienone is 3. The van der Waals surface area contributed by atoms with Crippen LogP contribution in [-0.2, 0) is 14.3 Å². The van der Waals surface area contributed by atoms with Crippen LogP contribution in [0.1, 0.15) is 33.4 Å². The molecule has 2 rings (SSSR count). The molecule has 0 N–H and O–H groups in total. The molecule has 7 nitrogen and oxygen atoms in total. The number of nitrogens with zero attached hydrogens (tertiary/aromatic N) is 3. The SMILES string of the molecule is CC=CC=CCC(=O)OCC(C)(C)C(=O)C(Oc1ccc(Cl)cc1)n1cncn1. The molecule has 0 bridgehead atoms. The number of hydrogen-bond acceptors (Lipinski definition) is 6. The maximum absolute atomic E-state index is 13.2. The lowest BCUT2D eigenvalue weighted by molar-refractivity contribution is -0.152. The highest BCUT2D eigenvalue weighted by Crippen LogP contribution is 2.28. The van der Waals surface area contributed by atoms with Crippen LogP contribution < -0.4 is 4.74 Å². The van der Waals surface area contributed by atoms with Gasteiger partial charge in [0.2, 0.25) is 5.78 Å². The van der Waals surface area contributed by atoms with Crippen molar-refractivity contribution in [3.8, 4) is 5.75 Å². The monoisotopic (exact) mass is 417 g/mol. The van der Waals surface area contributed by atoms with Crippen LogP contribution in [0.3, 0.4) is 0 Å².